The average Bonchev–Trinajstić information content (AvgIpc) is 2.16. The van der Waals surface area contributed by atoms with Crippen molar-refractivity contribution in [2.24, 2.45) is 5.41 Å². The summed E-state index contributed by atoms with van der Waals surface area (Å²) in [6.45, 7) is 6.06. The molecule has 0 radical (unpaired) electrons. The number of carbonyl (C=O) groups excluding carboxylic acids is 1. The van der Waals surface area contributed by atoms with Crippen LogP contribution in [0, 0.1) is 5.41 Å². The Morgan fingerprint density at radius 2 is 2.06 bits per heavy atom. The molecule has 0 spiro atoms. The van der Waals surface area contributed by atoms with Gasteiger partial charge in [-0.05, 0) is 17.7 Å². The molecule has 0 aliphatic carbocycles. The summed E-state index contributed by atoms with van der Waals surface area (Å²) in [5.41, 5.74) is 0.500. The monoisotopic (exact) mass is 222 g/mol. The molecule has 0 saturated heterocycles. The predicted octanol–water partition coefficient (Wildman–Crippen LogP) is 2.52. The largest absolute Gasteiger partial charge is 0.508 e. The molecule has 0 bridgehead atoms. The van der Waals surface area contributed by atoms with E-state index < -0.39 is 0 Å². The lowest BCUT2D eigenvalue weighted by Crippen LogP contribution is -2.24. The molecule has 1 N–H and O–H groups in total. The van der Waals surface area contributed by atoms with E-state index >= 15 is 0 Å². The molecule has 1 aromatic carbocycles. The second-order valence-corrected chi connectivity index (χ2v) is 4.84. The van der Waals surface area contributed by atoms with Gasteiger partial charge in [0.2, 0.25) is 0 Å². The van der Waals surface area contributed by atoms with E-state index in [0.29, 0.717) is 6.61 Å². The smallest absolute Gasteiger partial charge is 0.163 e. The predicted molar refractivity (Wildman–Crippen MR) is 62.2 cm³/mol. The van der Waals surface area contributed by atoms with Crippen molar-refractivity contribution in [3.8, 4) is 5.75 Å². The highest BCUT2D eigenvalue weighted by atomic mass is 16.5. The molecule has 3 nitrogen and oxygen atoms in total. The number of ketones is 1. The van der Waals surface area contributed by atoms with Gasteiger partial charge in [0.15, 0.2) is 5.78 Å². The number of rotatable bonds is 4. The fraction of sp³-hybridized carbons (Fsp3) is 0.462. The van der Waals surface area contributed by atoms with Crippen LogP contribution in [0.2, 0.25) is 0 Å². The maximum Gasteiger partial charge on any atom is 0.163 e. The molecule has 0 aromatic heterocycles. The minimum Gasteiger partial charge on any atom is -0.508 e. The number of hydrogen-bond donors (Lipinski definition) is 1. The van der Waals surface area contributed by atoms with Gasteiger partial charge in [-0.25, -0.2) is 0 Å². The van der Waals surface area contributed by atoms with Gasteiger partial charge in [-0.3, -0.25) is 4.79 Å². The summed E-state index contributed by atoms with van der Waals surface area (Å²) in [7, 11) is 0. The lowest BCUT2D eigenvalue weighted by atomic mass is 9.91. The van der Waals surface area contributed by atoms with Crippen LogP contribution >= 0.6 is 0 Å². The van der Waals surface area contributed by atoms with E-state index in [2.05, 4.69) is 0 Å². The van der Waals surface area contributed by atoms with E-state index in [1.807, 2.05) is 26.8 Å². The van der Waals surface area contributed by atoms with E-state index in [1.165, 1.54) is 0 Å². The van der Waals surface area contributed by atoms with Crippen molar-refractivity contribution in [1.82, 2.24) is 0 Å². The highest BCUT2D eigenvalue weighted by Crippen LogP contribution is 2.15. The van der Waals surface area contributed by atoms with Crippen molar-refractivity contribution in [1.29, 1.82) is 0 Å². The number of phenols is 1. The summed E-state index contributed by atoms with van der Waals surface area (Å²) in [5, 5.41) is 9.23. The van der Waals surface area contributed by atoms with Crippen molar-refractivity contribution in [3.05, 3.63) is 29.8 Å². The molecule has 0 heterocycles. The van der Waals surface area contributed by atoms with Gasteiger partial charge < -0.3 is 9.84 Å². The van der Waals surface area contributed by atoms with Gasteiger partial charge in [0.25, 0.3) is 0 Å². The molecule has 0 aliphatic rings. The van der Waals surface area contributed by atoms with Gasteiger partial charge >= 0.3 is 0 Å². The summed E-state index contributed by atoms with van der Waals surface area (Å²) in [4.78, 5) is 11.5. The van der Waals surface area contributed by atoms with E-state index in [-0.39, 0.29) is 23.6 Å². The zero-order chi connectivity index (χ0) is 12.2. The third kappa shape index (κ3) is 4.03. The number of Topliss-reactive ketones (excluding diaryl/α,β-unsaturated/α-hetero) is 1. The van der Waals surface area contributed by atoms with Crippen molar-refractivity contribution in [3.63, 3.8) is 0 Å². The second-order valence-electron chi connectivity index (χ2n) is 4.84. The summed E-state index contributed by atoms with van der Waals surface area (Å²) in [5.74, 6) is 0.288. The fourth-order valence-corrected chi connectivity index (χ4v) is 1.12. The molecule has 3 heteroatoms. The van der Waals surface area contributed by atoms with Crippen LogP contribution in [0.1, 0.15) is 26.3 Å². The molecular weight excluding hydrogens is 204 g/mol. The van der Waals surface area contributed by atoms with Crippen LogP contribution < -0.4 is 0 Å². The van der Waals surface area contributed by atoms with Crippen LogP contribution in [0.4, 0.5) is 0 Å². The summed E-state index contributed by atoms with van der Waals surface area (Å²) >= 11 is 0. The molecule has 1 rings (SSSR count). The summed E-state index contributed by atoms with van der Waals surface area (Å²) in [6, 6.07) is 6.83. The van der Waals surface area contributed by atoms with Crippen molar-refractivity contribution >= 4 is 5.78 Å². The standard InChI is InChI=1S/C13H18O3/c1-13(2,3)12(15)9-16-8-10-5-4-6-11(14)7-10/h4-7,14H,8-9H2,1-3H3. The number of aromatic hydroxyl groups is 1. The third-order valence-electron chi connectivity index (χ3n) is 2.25. The molecule has 0 amide bonds. The SMILES string of the molecule is CC(C)(C)C(=O)COCc1cccc(O)c1. The summed E-state index contributed by atoms with van der Waals surface area (Å²) < 4.78 is 5.30. The molecule has 0 aliphatic heterocycles. The van der Waals surface area contributed by atoms with Crippen LogP contribution in [0.5, 0.6) is 5.75 Å². The highest BCUT2D eigenvalue weighted by Gasteiger charge is 2.20. The van der Waals surface area contributed by atoms with Gasteiger partial charge in [-0.2, -0.15) is 0 Å². The number of benzene rings is 1. The van der Waals surface area contributed by atoms with E-state index in [1.54, 1.807) is 18.2 Å². The van der Waals surface area contributed by atoms with Gasteiger partial charge in [-0.1, -0.05) is 32.9 Å². The Kier molecular flexibility index (Phi) is 4.07. The molecule has 0 fully saturated rings. The van der Waals surface area contributed by atoms with Crippen molar-refractivity contribution < 1.29 is 14.6 Å². The number of hydrogen-bond acceptors (Lipinski definition) is 3. The lowest BCUT2D eigenvalue weighted by Gasteiger charge is -2.16. The van der Waals surface area contributed by atoms with Crippen LogP contribution in [0.15, 0.2) is 24.3 Å². The first-order valence-electron chi connectivity index (χ1n) is 5.28. The number of phenolic OH excluding ortho intramolecular Hbond substituents is 1. The van der Waals surface area contributed by atoms with Crippen molar-refractivity contribution in [2.75, 3.05) is 6.61 Å². The van der Waals surface area contributed by atoms with Crippen molar-refractivity contribution in [2.45, 2.75) is 27.4 Å². The molecule has 88 valence electrons. The molecule has 0 unspecified atom stereocenters. The zero-order valence-electron chi connectivity index (χ0n) is 9.99. The molecule has 0 saturated carbocycles. The Labute approximate surface area is 96.1 Å². The third-order valence-corrected chi connectivity index (χ3v) is 2.25. The molecule has 0 atom stereocenters. The topological polar surface area (TPSA) is 46.5 Å². The zero-order valence-corrected chi connectivity index (χ0v) is 9.99. The van der Waals surface area contributed by atoms with Gasteiger partial charge in [-0.15, -0.1) is 0 Å². The Hall–Kier alpha value is -1.35. The van der Waals surface area contributed by atoms with Crippen LogP contribution in [0.3, 0.4) is 0 Å². The quantitative estimate of drug-likeness (QED) is 0.851. The Bertz CT molecular complexity index is 364. The van der Waals surface area contributed by atoms with Crippen LogP contribution in [-0.2, 0) is 16.1 Å². The molecule has 16 heavy (non-hydrogen) atoms. The minimum absolute atomic E-state index is 0.0765. The van der Waals surface area contributed by atoms with Crippen LogP contribution in [-0.4, -0.2) is 17.5 Å². The fourth-order valence-electron chi connectivity index (χ4n) is 1.12. The maximum absolute atomic E-state index is 11.5. The normalized spacial score (nSPS) is 11.4. The van der Waals surface area contributed by atoms with Crippen LogP contribution in [0.25, 0.3) is 0 Å². The maximum atomic E-state index is 11.5. The summed E-state index contributed by atoms with van der Waals surface area (Å²) in [6.07, 6.45) is 0. The number of carbonyl (C=O) groups is 1. The minimum atomic E-state index is -0.362. The van der Waals surface area contributed by atoms with Gasteiger partial charge in [0.1, 0.15) is 12.4 Å². The first-order chi connectivity index (χ1) is 7.39. The first-order valence-corrected chi connectivity index (χ1v) is 5.28. The molecular formula is C13H18O3. The van der Waals surface area contributed by atoms with E-state index in [0.717, 1.165) is 5.56 Å². The number of ether oxygens (including phenoxy) is 1. The Morgan fingerprint density at radius 3 is 2.62 bits per heavy atom. The van der Waals surface area contributed by atoms with E-state index in [4.69, 9.17) is 4.74 Å². The van der Waals surface area contributed by atoms with E-state index in [9.17, 15) is 9.90 Å². The second kappa shape index (κ2) is 5.12. The first kappa shape index (κ1) is 12.7. The lowest BCUT2D eigenvalue weighted by molar-refractivity contribution is -0.131. The average molecular weight is 222 g/mol. The molecule has 1 aromatic rings. The highest BCUT2D eigenvalue weighted by molar-refractivity contribution is 5.84. The van der Waals surface area contributed by atoms with Gasteiger partial charge in [0, 0.05) is 5.41 Å². The Morgan fingerprint density at radius 1 is 1.38 bits per heavy atom. The Balaban J connectivity index is 2.39. The van der Waals surface area contributed by atoms with Gasteiger partial charge in [0.05, 0.1) is 6.61 Å².